The maximum atomic E-state index is 12.5. The molecule has 0 unspecified atom stereocenters. The molecule has 0 aliphatic heterocycles. The Morgan fingerprint density at radius 1 is 1.12 bits per heavy atom. The van der Waals surface area contributed by atoms with Crippen molar-refractivity contribution >= 4 is 18.0 Å². The molecule has 0 aromatic heterocycles. The molecule has 0 saturated carbocycles. The molecule has 0 saturated heterocycles. The van der Waals surface area contributed by atoms with Gasteiger partial charge in [-0.15, -0.1) is 0 Å². The number of nitrogens with one attached hydrogen (secondary N) is 2. The SMILES string of the molecule is C[C@H](O)[C@@H](NC(=O)[C@@H](Cc1ccccc1)NC(=O)OC(C)(C)C)C(=O)O. The molecule has 8 nitrogen and oxygen atoms in total. The zero-order valence-electron chi connectivity index (χ0n) is 15.4. The van der Waals surface area contributed by atoms with Gasteiger partial charge >= 0.3 is 12.1 Å². The van der Waals surface area contributed by atoms with Gasteiger partial charge in [-0.2, -0.15) is 0 Å². The van der Waals surface area contributed by atoms with Crippen molar-refractivity contribution in [3.05, 3.63) is 35.9 Å². The second-order valence-corrected chi connectivity index (χ2v) is 6.95. The van der Waals surface area contributed by atoms with E-state index < -0.39 is 41.8 Å². The van der Waals surface area contributed by atoms with Gasteiger partial charge in [-0.25, -0.2) is 9.59 Å². The number of carboxylic acids is 1. The van der Waals surface area contributed by atoms with Gasteiger partial charge in [-0.1, -0.05) is 30.3 Å². The molecule has 1 rings (SSSR count). The first-order valence-corrected chi connectivity index (χ1v) is 8.24. The molecule has 26 heavy (non-hydrogen) atoms. The monoisotopic (exact) mass is 366 g/mol. The molecule has 0 radical (unpaired) electrons. The van der Waals surface area contributed by atoms with Crippen molar-refractivity contribution in [2.24, 2.45) is 0 Å². The topological polar surface area (TPSA) is 125 Å². The van der Waals surface area contributed by atoms with Crippen LogP contribution in [0.4, 0.5) is 4.79 Å². The molecule has 0 spiro atoms. The molecule has 0 heterocycles. The summed E-state index contributed by atoms with van der Waals surface area (Å²) in [5, 5.41) is 23.3. The average Bonchev–Trinajstić information content (AvgIpc) is 2.50. The summed E-state index contributed by atoms with van der Waals surface area (Å²) >= 11 is 0. The highest BCUT2D eigenvalue weighted by molar-refractivity contribution is 5.89. The van der Waals surface area contributed by atoms with Gasteiger partial charge in [-0.3, -0.25) is 4.79 Å². The highest BCUT2D eigenvalue weighted by Crippen LogP contribution is 2.09. The van der Waals surface area contributed by atoms with Crippen LogP contribution in [0.5, 0.6) is 0 Å². The number of hydrogen-bond acceptors (Lipinski definition) is 5. The molecule has 3 atom stereocenters. The van der Waals surface area contributed by atoms with Crippen LogP contribution in [0.15, 0.2) is 30.3 Å². The first-order chi connectivity index (χ1) is 12.0. The molecule has 1 aromatic carbocycles. The molecule has 8 heteroatoms. The number of rotatable bonds is 7. The lowest BCUT2D eigenvalue weighted by atomic mass is 10.0. The summed E-state index contributed by atoms with van der Waals surface area (Å²) in [6.45, 7) is 6.32. The fourth-order valence-corrected chi connectivity index (χ4v) is 2.15. The number of ether oxygens (including phenoxy) is 1. The summed E-state index contributed by atoms with van der Waals surface area (Å²) < 4.78 is 5.16. The van der Waals surface area contributed by atoms with E-state index in [4.69, 9.17) is 9.84 Å². The Labute approximate surface area is 152 Å². The maximum absolute atomic E-state index is 12.5. The van der Waals surface area contributed by atoms with E-state index in [1.54, 1.807) is 45.0 Å². The maximum Gasteiger partial charge on any atom is 0.408 e. The number of aliphatic carboxylic acids is 1. The molecule has 2 amide bonds. The quantitative estimate of drug-likeness (QED) is 0.572. The minimum absolute atomic E-state index is 0.137. The number of carbonyl (C=O) groups is 3. The minimum Gasteiger partial charge on any atom is -0.480 e. The molecule has 0 bridgehead atoms. The van der Waals surface area contributed by atoms with Crippen molar-refractivity contribution in [2.75, 3.05) is 0 Å². The van der Waals surface area contributed by atoms with Gasteiger partial charge in [0, 0.05) is 6.42 Å². The number of amides is 2. The van der Waals surface area contributed by atoms with Crippen molar-refractivity contribution in [3.8, 4) is 0 Å². The average molecular weight is 366 g/mol. The second kappa shape index (κ2) is 9.19. The van der Waals surface area contributed by atoms with Crippen LogP contribution in [0.2, 0.25) is 0 Å². The Bertz CT molecular complexity index is 624. The van der Waals surface area contributed by atoms with E-state index in [9.17, 15) is 19.5 Å². The van der Waals surface area contributed by atoms with E-state index >= 15 is 0 Å². The number of aliphatic hydroxyl groups excluding tert-OH is 1. The predicted molar refractivity (Wildman–Crippen MR) is 94.6 cm³/mol. The number of alkyl carbamates (subject to hydrolysis) is 1. The summed E-state index contributed by atoms with van der Waals surface area (Å²) in [4.78, 5) is 35.7. The van der Waals surface area contributed by atoms with E-state index in [0.717, 1.165) is 5.56 Å². The Hall–Kier alpha value is -2.61. The van der Waals surface area contributed by atoms with E-state index in [1.165, 1.54) is 6.92 Å². The highest BCUT2D eigenvalue weighted by atomic mass is 16.6. The van der Waals surface area contributed by atoms with Gasteiger partial charge in [0.2, 0.25) is 5.91 Å². The standard InChI is InChI=1S/C18H26N2O6/c1-11(21)14(16(23)24)20-15(22)13(10-12-8-6-5-7-9-12)19-17(25)26-18(2,3)4/h5-9,11,13-14,21H,10H2,1-4H3,(H,19,25)(H,20,22)(H,23,24)/t11-,13+,14+/m0/s1. The van der Waals surface area contributed by atoms with E-state index in [0.29, 0.717) is 0 Å². The highest BCUT2D eigenvalue weighted by Gasteiger charge is 2.30. The Balaban J connectivity index is 2.93. The first kappa shape index (κ1) is 21.4. The molecular weight excluding hydrogens is 340 g/mol. The second-order valence-electron chi connectivity index (χ2n) is 6.95. The summed E-state index contributed by atoms with van der Waals surface area (Å²) in [7, 11) is 0. The Morgan fingerprint density at radius 2 is 1.69 bits per heavy atom. The van der Waals surface area contributed by atoms with Crippen molar-refractivity contribution in [1.29, 1.82) is 0 Å². The van der Waals surface area contributed by atoms with Crippen molar-refractivity contribution in [3.63, 3.8) is 0 Å². The molecule has 1 aromatic rings. The molecule has 144 valence electrons. The number of carbonyl (C=O) groups excluding carboxylic acids is 2. The van der Waals surface area contributed by atoms with Crippen molar-refractivity contribution < 1.29 is 29.3 Å². The lowest BCUT2D eigenvalue weighted by molar-refractivity contribution is -0.145. The molecule has 0 fully saturated rings. The van der Waals surface area contributed by atoms with Gasteiger partial charge in [0.1, 0.15) is 11.6 Å². The number of hydrogen-bond donors (Lipinski definition) is 4. The largest absolute Gasteiger partial charge is 0.480 e. The van der Waals surface area contributed by atoms with Crippen LogP contribution in [0.1, 0.15) is 33.3 Å². The number of aliphatic hydroxyl groups is 1. The lowest BCUT2D eigenvalue weighted by Crippen LogP contribution is -2.55. The summed E-state index contributed by atoms with van der Waals surface area (Å²) in [5.41, 5.74) is 0.0220. The van der Waals surface area contributed by atoms with Crippen LogP contribution in [0.25, 0.3) is 0 Å². The van der Waals surface area contributed by atoms with Crippen LogP contribution in [0.3, 0.4) is 0 Å². The predicted octanol–water partition coefficient (Wildman–Crippen LogP) is 1.07. The third kappa shape index (κ3) is 7.52. The number of benzene rings is 1. The van der Waals surface area contributed by atoms with Crippen LogP contribution in [0, 0.1) is 0 Å². The minimum atomic E-state index is -1.48. The summed E-state index contributed by atoms with van der Waals surface area (Å²) in [6, 6.07) is 6.39. The van der Waals surface area contributed by atoms with Crippen LogP contribution in [-0.2, 0) is 20.7 Å². The molecule has 0 aliphatic carbocycles. The zero-order chi connectivity index (χ0) is 19.9. The Morgan fingerprint density at radius 3 is 2.15 bits per heavy atom. The third-order valence-electron chi connectivity index (χ3n) is 3.34. The fraction of sp³-hybridized carbons (Fsp3) is 0.500. The summed E-state index contributed by atoms with van der Waals surface area (Å²) in [5.74, 6) is -2.10. The van der Waals surface area contributed by atoms with Crippen LogP contribution >= 0.6 is 0 Å². The molecular formula is C18H26N2O6. The molecule has 4 N–H and O–H groups in total. The van der Waals surface area contributed by atoms with Gasteiger partial charge in [-0.05, 0) is 33.3 Å². The van der Waals surface area contributed by atoms with Gasteiger partial charge in [0.05, 0.1) is 6.10 Å². The smallest absolute Gasteiger partial charge is 0.408 e. The normalized spacial score (nSPS) is 14.7. The molecule has 0 aliphatic rings. The van der Waals surface area contributed by atoms with Crippen LogP contribution < -0.4 is 10.6 Å². The Kier molecular flexibility index (Phi) is 7.57. The fourth-order valence-electron chi connectivity index (χ4n) is 2.15. The lowest BCUT2D eigenvalue weighted by Gasteiger charge is -2.25. The van der Waals surface area contributed by atoms with Crippen molar-refractivity contribution in [2.45, 2.75) is 57.9 Å². The van der Waals surface area contributed by atoms with E-state index in [1.807, 2.05) is 6.07 Å². The summed E-state index contributed by atoms with van der Waals surface area (Å²) in [6.07, 6.45) is -1.95. The first-order valence-electron chi connectivity index (χ1n) is 8.24. The van der Waals surface area contributed by atoms with E-state index in [2.05, 4.69) is 10.6 Å². The van der Waals surface area contributed by atoms with Gasteiger partial charge in [0.25, 0.3) is 0 Å². The van der Waals surface area contributed by atoms with E-state index in [-0.39, 0.29) is 6.42 Å². The van der Waals surface area contributed by atoms with Gasteiger partial charge in [0.15, 0.2) is 6.04 Å². The van der Waals surface area contributed by atoms with Crippen molar-refractivity contribution in [1.82, 2.24) is 10.6 Å². The van der Waals surface area contributed by atoms with Gasteiger partial charge < -0.3 is 25.6 Å². The third-order valence-corrected chi connectivity index (χ3v) is 3.34. The number of carboxylic acid groups (broad SMARTS) is 1. The van der Waals surface area contributed by atoms with Crippen LogP contribution in [-0.4, -0.2) is 52.0 Å². The zero-order valence-corrected chi connectivity index (χ0v) is 15.4.